The van der Waals surface area contributed by atoms with Crippen LogP contribution in [-0.4, -0.2) is 63.9 Å². The molecule has 3 aromatic rings. The predicted octanol–water partition coefficient (Wildman–Crippen LogP) is 1.58. The molecule has 0 radical (unpaired) electrons. The summed E-state index contributed by atoms with van der Waals surface area (Å²) in [4.78, 5) is 8.58. The maximum Gasteiger partial charge on any atom is 0.241 e. The summed E-state index contributed by atoms with van der Waals surface area (Å²) in [7, 11) is -3.39. The van der Waals surface area contributed by atoms with Gasteiger partial charge in [-0.1, -0.05) is 6.07 Å². The van der Waals surface area contributed by atoms with Crippen LogP contribution in [0.25, 0.3) is 16.9 Å². The number of piperidine rings is 1. The molecule has 8 nitrogen and oxygen atoms in total. The fourth-order valence-electron chi connectivity index (χ4n) is 3.18. The van der Waals surface area contributed by atoms with Crippen LogP contribution >= 0.6 is 0 Å². The van der Waals surface area contributed by atoms with E-state index >= 15 is 0 Å². The molecule has 3 aromatic heterocycles. The minimum Gasteiger partial charge on any atom is -0.347 e. The van der Waals surface area contributed by atoms with Crippen molar-refractivity contribution in [1.29, 1.82) is 0 Å². The summed E-state index contributed by atoms with van der Waals surface area (Å²) < 4.78 is 40.5. The number of nitrogens with one attached hydrogen (secondary N) is 1. The molecule has 0 amide bonds. The maximum atomic E-state index is 14.5. The lowest BCUT2D eigenvalue weighted by atomic mass is 10.1. The van der Waals surface area contributed by atoms with Gasteiger partial charge in [0.05, 0.1) is 35.4 Å². The van der Waals surface area contributed by atoms with Gasteiger partial charge in [0.1, 0.15) is 6.17 Å². The average molecular weight is 390 g/mol. The van der Waals surface area contributed by atoms with Gasteiger partial charge in [-0.2, -0.15) is 4.31 Å². The number of sulfonamides is 1. The van der Waals surface area contributed by atoms with Crippen LogP contribution < -0.4 is 5.32 Å². The summed E-state index contributed by atoms with van der Waals surface area (Å²) in [6.07, 6.45) is 3.45. The number of pyridine rings is 1. The fourth-order valence-corrected chi connectivity index (χ4v) is 4.03. The second-order valence-corrected chi connectivity index (χ2v) is 8.51. The first-order valence-electron chi connectivity index (χ1n) is 8.54. The van der Waals surface area contributed by atoms with Gasteiger partial charge in [-0.15, -0.1) is 5.10 Å². The minimum absolute atomic E-state index is 0.165. The number of hydrogen-bond acceptors (Lipinski definition) is 6. The molecule has 10 heteroatoms. The van der Waals surface area contributed by atoms with Crippen LogP contribution in [0.5, 0.6) is 0 Å². The highest BCUT2D eigenvalue weighted by Crippen LogP contribution is 2.22. The summed E-state index contributed by atoms with van der Waals surface area (Å²) in [5.74, 6) is 0.288. The zero-order valence-electron chi connectivity index (χ0n) is 14.7. The quantitative estimate of drug-likeness (QED) is 0.727. The molecule has 0 aliphatic carbocycles. The van der Waals surface area contributed by atoms with E-state index in [1.807, 2.05) is 30.3 Å². The molecule has 0 aromatic carbocycles. The Labute approximate surface area is 156 Å². The summed E-state index contributed by atoms with van der Waals surface area (Å²) in [5, 5.41) is 7.47. The SMILES string of the molecule is CS(=O)(=O)N1CC[C@H](Nc2ncc3ccc(-c4ccccn4)n3n2)[C@@H](F)C1. The zero-order chi connectivity index (χ0) is 19.0. The largest absolute Gasteiger partial charge is 0.347 e. The molecule has 1 saturated heterocycles. The van der Waals surface area contributed by atoms with Crippen LogP contribution in [0.1, 0.15) is 6.42 Å². The standard InChI is InChI=1S/C17H19FN6O2S/c1-27(25,26)23-9-7-14(13(18)11-23)21-17-20-10-12-5-6-16(24(12)22-17)15-4-2-3-8-19-15/h2-6,8,10,13-14H,7,9,11H2,1H3,(H,21,22)/t13-,14-/m0/s1. The lowest BCUT2D eigenvalue weighted by Gasteiger charge is -2.33. The fraction of sp³-hybridized carbons (Fsp3) is 0.353. The molecule has 0 bridgehead atoms. The van der Waals surface area contributed by atoms with E-state index in [1.54, 1.807) is 16.9 Å². The molecule has 4 heterocycles. The molecule has 1 aliphatic heterocycles. The Morgan fingerprint density at radius 3 is 2.78 bits per heavy atom. The van der Waals surface area contributed by atoms with E-state index in [9.17, 15) is 12.8 Å². The third kappa shape index (κ3) is 3.62. The van der Waals surface area contributed by atoms with Gasteiger partial charge < -0.3 is 5.32 Å². The maximum absolute atomic E-state index is 14.5. The Kier molecular flexibility index (Phi) is 4.52. The monoisotopic (exact) mass is 390 g/mol. The van der Waals surface area contributed by atoms with E-state index in [0.29, 0.717) is 6.42 Å². The molecular formula is C17H19FN6O2S. The van der Waals surface area contributed by atoms with E-state index in [-0.39, 0.29) is 19.0 Å². The Bertz CT molecular complexity index is 1060. The van der Waals surface area contributed by atoms with Crippen molar-refractivity contribution in [3.05, 3.63) is 42.7 Å². The Morgan fingerprint density at radius 2 is 2.07 bits per heavy atom. The van der Waals surface area contributed by atoms with Crippen LogP contribution in [0.2, 0.25) is 0 Å². The van der Waals surface area contributed by atoms with E-state index in [4.69, 9.17) is 0 Å². The topological polar surface area (TPSA) is 92.5 Å². The Hall–Kier alpha value is -2.59. The number of nitrogens with zero attached hydrogens (tertiary/aromatic N) is 5. The van der Waals surface area contributed by atoms with E-state index in [0.717, 1.165) is 27.5 Å². The highest BCUT2D eigenvalue weighted by atomic mass is 32.2. The van der Waals surface area contributed by atoms with Gasteiger partial charge in [0.15, 0.2) is 0 Å². The Balaban J connectivity index is 1.57. The molecule has 27 heavy (non-hydrogen) atoms. The highest BCUT2D eigenvalue weighted by Gasteiger charge is 2.33. The van der Waals surface area contributed by atoms with Crippen molar-refractivity contribution < 1.29 is 12.8 Å². The van der Waals surface area contributed by atoms with Gasteiger partial charge in [0.25, 0.3) is 0 Å². The van der Waals surface area contributed by atoms with Crippen molar-refractivity contribution in [2.24, 2.45) is 0 Å². The number of alkyl halides is 1. The number of anilines is 1. The molecule has 2 atom stereocenters. The van der Waals surface area contributed by atoms with Gasteiger partial charge in [-0.05, 0) is 30.7 Å². The smallest absolute Gasteiger partial charge is 0.241 e. The molecular weight excluding hydrogens is 371 g/mol. The lowest BCUT2D eigenvalue weighted by Crippen LogP contribution is -2.49. The predicted molar refractivity (Wildman–Crippen MR) is 99.6 cm³/mol. The van der Waals surface area contributed by atoms with Crippen molar-refractivity contribution in [3.63, 3.8) is 0 Å². The first kappa shape index (κ1) is 17.8. The van der Waals surface area contributed by atoms with Gasteiger partial charge >= 0.3 is 0 Å². The van der Waals surface area contributed by atoms with Crippen LogP contribution in [-0.2, 0) is 10.0 Å². The van der Waals surface area contributed by atoms with Crippen molar-refractivity contribution in [3.8, 4) is 11.4 Å². The van der Waals surface area contributed by atoms with E-state index in [2.05, 4.69) is 20.4 Å². The number of aromatic nitrogens is 4. The second-order valence-electron chi connectivity index (χ2n) is 6.53. The van der Waals surface area contributed by atoms with Crippen molar-refractivity contribution in [2.75, 3.05) is 24.7 Å². The van der Waals surface area contributed by atoms with Crippen LogP contribution in [0.4, 0.5) is 10.3 Å². The number of rotatable bonds is 4. The number of halogens is 1. The molecule has 0 spiro atoms. The van der Waals surface area contributed by atoms with Crippen molar-refractivity contribution >= 4 is 21.5 Å². The minimum atomic E-state index is -3.39. The molecule has 142 valence electrons. The molecule has 1 aliphatic rings. The lowest BCUT2D eigenvalue weighted by molar-refractivity contribution is 0.186. The van der Waals surface area contributed by atoms with E-state index < -0.39 is 22.2 Å². The third-order valence-corrected chi connectivity index (χ3v) is 5.88. The summed E-state index contributed by atoms with van der Waals surface area (Å²) in [5.41, 5.74) is 2.37. The molecule has 1 N–H and O–H groups in total. The van der Waals surface area contributed by atoms with Gasteiger partial charge in [0.2, 0.25) is 16.0 Å². The first-order valence-corrected chi connectivity index (χ1v) is 10.4. The zero-order valence-corrected chi connectivity index (χ0v) is 15.5. The van der Waals surface area contributed by atoms with Gasteiger partial charge in [-0.25, -0.2) is 22.3 Å². The van der Waals surface area contributed by atoms with Gasteiger partial charge in [-0.3, -0.25) is 4.98 Å². The molecule has 0 unspecified atom stereocenters. The summed E-state index contributed by atoms with van der Waals surface area (Å²) in [6, 6.07) is 8.86. The first-order chi connectivity index (χ1) is 12.9. The molecule has 4 rings (SSSR count). The van der Waals surface area contributed by atoms with Crippen molar-refractivity contribution in [1.82, 2.24) is 23.9 Å². The van der Waals surface area contributed by atoms with Gasteiger partial charge in [0, 0.05) is 19.3 Å². The van der Waals surface area contributed by atoms with Crippen LogP contribution in [0.3, 0.4) is 0 Å². The highest BCUT2D eigenvalue weighted by molar-refractivity contribution is 7.88. The number of fused-ring (bicyclic) bond motifs is 1. The van der Waals surface area contributed by atoms with Crippen LogP contribution in [0.15, 0.2) is 42.7 Å². The summed E-state index contributed by atoms with van der Waals surface area (Å²) >= 11 is 0. The second kappa shape index (κ2) is 6.86. The normalized spacial score (nSPS) is 21.4. The third-order valence-electron chi connectivity index (χ3n) is 4.61. The van der Waals surface area contributed by atoms with Crippen LogP contribution in [0, 0.1) is 0 Å². The van der Waals surface area contributed by atoms with Crippen molar-refractivity contribution in [2.45, 2.75) is 18.6 Å². The average Bonchev–Trinajstić information content (AvgIpc) is 3.06. The Morgan fingerprint density at radius 1 is 1.22 bits per heavy atom. The van der Waals surface area contributed by atoms with E-state index in [1.165, 1.54) is 0 Å². The summed E-state index contributed by atoms with van der Waals surface area (Å²) in [6.45, 7) is 0.101. The molecule has 1 fully saturated rings. The molecule has 0 saturated carbocycles. The number of hydrogen-bond donors (Lipinski definition) is 1.